The fraction of sp³-hybridized carbons (Fsp3) is 0.455. The lowest BCUT2D eigenvalue weighted by molar-refractivity contribution is 0.195. The van der Waals surface area contributed by atoms with Crippen LogP contribution in [0.25, 0.3) is 0 Å². The summed E-state index contributed by atoms with van der Waals surface area (Å²) < 4.78 is 5.30. The Balaban J connectivity index is 2.59. The molecule has 0 aliphatic heterocycles. The van der Waals surface area contributed by atoms with Gasteiger partial charge in [0, 0.05) is 0 Å². The highest BCUT2D eigenvalue weighted by Crippen LogP contribution is 2.13. The third-order valence-corrected chi connectivity index (χ3v) is 1.77. The van der Waals surface area contributed by atoms with Crippen molar-refractivity contribution in [2.75, 3.05) is 6.61 Å². The number of rotatable bonds is 4. The summed E-state index contributed by atoms with van der Waals surface area (Å²) in [5.74, 6) is 0.886. The van der Waals surface area contributed by atoms with Crippen LogP contribution >= 0.6 is 0 Å². The van der Waals surface area contributed by atoms with Crippen LogP contribution < -0.4 is 4.74 Å². The summed E-state index contributed by atoms with van der Waals surface area (Å²) in [5, 5.41) is 9.15. The van der Waals surface area contributed by atoms with Gasteiger partial charge in [0.1, 0.15) is 5.75 Å². The van der Waals surface area contributed by atoms with Gasteiger partial charge in [-0.15, -0.1) is 0 Å². The maximum Gasteiger partial charge on any atom is 0.119 e. The van der Waals surface area contributed by atoms with Gasteiger partial charge in [0.15, 0.2) is 0 Å². The Labute approximate surface area is 79.2 Å². The third-order valence-electron chi connectivity index (χ3n) is 1.77. The first-order valence-corrected chi connectivity index (χ1v) is 4.62. The molecule has 0 saturated heterocycles. The molecule has 0 bridgehead atoms. The fourth-order valence-electron chi connectivity index (χ4n) is 1.23. The lowest BCUT2D eigenvalue weighted by Gasteiger charge is -2.06. The number of aliphatic hydroxyl groups is 1. The van der Waals surface area contributed by atoms with Gasteiger partial charge in [0.2, 0.25) is 0 Å². The molecule has 0 fully saturated rings. The van der Waals surface area contributed by atoms with E-state index in [1.54, 1.807) is 6.92 Å². The summed E-state index contributed by atoms with van der Waals surface area (Å²) in [6, 6.07) is 7.83. The highest BCUT2D eigenvalue weighted by molar-refractivity contribution is 5.27. The van der Waals surface area contributed by atoms with Crippen molar-refractivity contribution in [3.05, 3.63) is 29.8 Å². The van der Waals surface area contributed by atoms with Crippen molar-refractivity contribution in [2.24, 2.45) is 0 Å². The first kappa shape index (κ1) is 10.1. The van der Waals surface area contributed by atoms with Crippen molar-refractivity contribution in [1.82, 2.24) is 0 Å². The van der Waals surface area contributed by atoms with E-state index in [9.17, 15) is 0 Å². The highest BCUT2D eigenvalue weighted by atomic mass is 16.5. The van der Waals surface area contributed by atoms with Gasteiger partial charge in [-0.1, -0.05) is 12.1 Å². The van der Waals surface area contributed by atoms with Crippen molar-refractivity contribution in [1.29, 1.82) is 0 Å². The van der Waals surface area contributed by atoms with Crippen molar-refractivity contribution in [3.8, 4) is 5.75 Å². The summed E-state index contributed by atoms with van der Waals surface area (Å²) in [5.41, 5.74) is 1.14. The molecule has 0 amide bonds. The van der Waals surface area contributed by atoms with Gasteiger partial charge in [-0.25, -0.2) is 0 Å². The normalized spacial score (nSPS) is 12.5. The van der Waals surface area contributed by atoms with Crippen molar-refractivity contribution < 1.29 is 9.84 Å². The molecular weight excluding hydrogens is 164 g/mol. The maximum atomic E-state index is 9.15. The van der Waals surface area contributed by atoms with Crippen LogP contribution in [0.15, 0.2) is 24.3 Å². The largest absolute Gasteiger partial charge is 0.494 e. The van der Waals surface area contributed by atoms with Gasteiger partial charge >= 0.3 is 0 Å². The molecule has 0 heterocycles. The molecule has 0 aliphatic carbocycles. The number of hydrogen-bond donors (Lipinski definition) is 1. The Kier molecular flexibility index (Phi) is 3.77. The molecule has 0 saturated carbocycles. The molecule has 1 atom stereocenters. The van der Waals surface area contributed by atoms with Gasteiger partial charge in [-0.3, -0.25) is 0 Å². The summed E-state index contributed by atoms with van der Waals surface area (Å²) >= 11 is 0. The predicted molar refractivity (Wildman–Crippen MR) is 53.0 cm³/mol. The van der Waals surface area contributed by atoms with E-state index in [0.717, 1.165) is 11.3 Å². The Bertz CT molecular complexity index is 239. The molecule has 0 aliphatic rings. The molecule has 0 radical (unpaired) electrons. The van der Waals surface area contributed by atoms with Crippen LogP contribution in [0.4, 0.5) is 0 Å². The lowest BCUT2D eigenvalue weighted by atomic mass is 10.1. The van der Waals surface area contributed by atoms with Gasteiger partial charge in [0.05, 0.1) is 12.7 Å². The van der Waals surface area contributed by atoms with Crippen LogP contribution in [0.3, 0.4) is 0 Å². The molecule has 1 rings (SSSR count). The van der Waals surface area contributed by atoms with Gasteiger partial charge in [-0.05, 0) is 38.0 Å². The smallest absolute Gasteiger partial charge is 0.119 e. The van der Waals surface area contributed by atoms with E-state index >= 15 is 0 Å². The number of benzene rings is 1. The standard InChI is InChI=1S/C11H16O2/c1-3-13-11-6-4-10(5-7-11)8-9(2)12/h4-7,9,12H,3,8H2,1-2H3. The second-order valence-electron chi connectivity index (χ2n) is 3.13. The Morgan fingerprint density at radius 2 is 1.92 bits per heavy atom. The van der Waals surface area contributed by atoms with E-state index in [1.807, 2.05) is 31.2 Å². The first-order chi connectivity index (χ1) is 6.22. The zero-order valence-electron chi connectivity index (χ0n) is 8.16. The van der Waals surface area contributed by atoms with Crippen LogP contribution in [0.2, 0.25) is 0 Å². The van der Waals surface area contributed by atoms with Crippen LogP contribution in [-0.4, -0.2) is 17.8 Å². The zero-order chi connectivity index (χ0) is 9.68. The molecule has 2 nitrogen and oxygen atoms in total. The second-order valence-corrected chi connectivity index (χ2v) is 3.13. The highest BCUT2D eigenvalue weighted by Gasteiger charge is 1.98. The quantitative estimate of drug-likeness (QED) is 0.768. The SMILES string of the molecule is CCOc1ccc(CC(C)O)cc1. The number of hydrogen-bond acceptors (Lipinski definition) is 2. The Morgan fingerprint density at radius 1 is 1.31 bits per heavy atom. The summed E-state index contributed by atoms with van der Waals surface area (Å²) in [4.78, 5) is 0. The van der Waals surface area contributed by atoms with Crippen molar-refractivity contribution in [3.63, 3.8) is 0 Å². The van der Waals surface area contributed by atoms with Crippen molar-refractivity contribution in [2.45, 2.75) is 26.4 Å². The van der Waals surface area contributed by atoms with Crippen LogP contribution in [-0.2, 0) is 6.42 Å². The molecule has 1 N–H and O–H groups in total. The predicted octanol–water partition coefficient (Wildman–Crippen LogP) is 2.01. The average Bonchev–Trinajstić information content (AvgIpc) is 2.08. The molecular formula is C11H16O2. The Morgan fingerprint density at radius 3 is 2.38 bits per heavy atom. The minimum absolute atomic E-state index is 0.280. The molecule has 0 aromatic heterocycles. The van der Waals surface area contributed by atoms with E-state index in [-0.39, 0.29) is 6.10 Å². The van der Waals surface area contributed by atoms with Crippen molar-refractivity contribution >= 4 is 0 Å². The average molecular weight is 180 g/mol. The second kappa shape index (κ2) is 4.87. The van der Waals surface area contributed by atoms with E-state index in [1.165, 1.54) is 0 Å². The van der Waals surface area contributed by atoms with Crippen LogP contribution in [0.1, 0.15) is 19.4 Å². The number of ether oxygens (including phenoxy) is 1. The molecule has 1 unspecified atom stereocenters. The van der Waals surface area contributed by atoms with Gasteiger partial charge in [0.25, 0.3) is 0 Å². The molecule has 13 heavy (non-hydrogen) atoms. The molecule has 2 heteroatoms. The monoisotopic (exact) mass is 180 g/mol. The first-order valence-electron chi connectivity index (χ1n) is 4.62. The number of aliphatic hydroxyl groups excluding tert-OH is 1. The van der Waals surface area contributed by atoms with Crippen LogP contribution in [0, 0.1) is 0 Å². The maximum absolute atomic E-state index is 9.15. The molecule has 0 spiro atoms. The van der Waals surface area contributed by atoms with E-state index in [0.29, 0.717) is 13.0 Å². The topological polar surface area (TPSA) is 29.5 Å². The molecule has 72 valence electrons. The third kappa shape index (κ3) is 3.47. The van der Waals surface area contributed by atoms with E-state index in [4.69, 9.17) is 9.84 Å². The van der Waals surface area contributed by atoms with E-state index < -0.39 is 0 Å². The Hall–Kier alpha value is -1.02. The minimum atomic E-state index is -0.280. The summed E-state index contributed by atoms with van der Waals surface area (Å²) in [7, 11) is 0. The molecule has 1 aromatic rings. The zero-order valence-corrected chi connectivity index (χ0v) is 8.16. The van der Waals surface area contributed by atoms with Gasteiger partial charge < -0.3 is 9.84 Å². The van der Waals surface area contributed by atoms with Gasteiger partial charge in [-0.2, -0.15) is 0 Å². The molecule has 1 aromatic carbocycles. The summed E-state index contributed by atoms with van der Waals surface area (Å²) in [6.07, 6.45) is 0.421. The lowest BCUT2D eigenvalue weighted by Crippen LogP contribution is -2.03. The van der Waals surface area contributed by atoms with Crippen LogP contribution in [0.5, 0.6) is 5.75 Å². The fourth-order valence-corrected chi connectivity index (χ4v) is 1.23. The summed E-state index contributed by atoms with van der Waals surface area (Å²) in [6.45, 7) is 4.44. The minimum Gasteiger partial charge on any atom is -0.494 e. The van der Waals surface area contributed by atoms with E-state index in [2.05, 4.69) is 0 Å².